The summed E-state index contributed by atoms with van der Waals surface area (Å²) in [5, 5.41) is 9.37. The number of hydrogen-bond acceptors (Lipinski definition) is 4. The predicted molar refractivity (Wildman–Crippen MR) is 67.0 cm³/mol. The molecule has 1 rings (SSSR count). The molecule has 0 radical (unpaired) electrons. The van der Waals surface area contributed by atoms with E-state index in [0.717, 1.165) is 6.20 Å². The maximum absolute atomic E-state index is 12.5. The number of nitrogens with zero attached hydrogens (tertiary/aromatic N) is 1. The van der Waals surface area contributed by atoms with Crippen LogP contribution >= 0.6 is 11.3 Å². The van der Waals surface area contributed by atoms with Gasteiger partial charge in [0, 0.05) is 12.8 Å². The first-order chi connectivity index (χ1) is 8.80. The van der Waals surface area contributed by atoms with Crippen molar-refractivity contribution in [3.05, 3.63) is 16.1 Å². The molecule has 0 fully saturated rings. The Morgan fingerprint density at radius 1 is 1.32 bits per heavy atom. The third-order valence-corrected chi connectivity index (χ3v) is 4.26. The molecule has 0 saturated heterocycles. The highest BCUT2D eigenvalue weighted by Gasteiger charge is 2.40. The van der Waals surface area contributed by atoms with E-state index in [9.17, 15) is 18.3 Å². The summed E-state index contributed by atoms with van der Waals surface area (Å²) in [5.74, 6) is 0. The van der Waals surface area contributed by atoms with Crippen LogP contribution in [0, 0.1) is 0 Å². The first-order valence-electron chi connectivity index (χ1n) is 6.15. The van der Waals surface area contributed by atoms with Gasteiger partial charge in [0.05, 0.1) is 10.5 Å². The first-order valence-corrected chi connectivity index (χ1v) is 6.97. The lowest BCUT2D eigenvalue weighted by Gasteiger charge is -2.35. The number of aliphatic hydroxyl groups excluding tert-OH is 1. The van der Waals surface area contributed by atoms with Gasteiger partial charge in [0.15, 0.2) is 5.01 Å². The number of aliphatic hydroxyl groups is 1. The number of alkyl halides is 3. The van der Waals surface area contributed by atoms with Crippen LogP contribution in [0.3, 0.4) is 0 Å². The van der Waals surface area contributed by atoms with Crippen LogP contribution in [0.4, 0.5) is 13.2 Å². The van der Waals surface area contributed by atoms with Crippen molar-refractivity contribution in [3.8, 4) is 0 Å². The summed E-state index contributed by atoms with van der Waals surface area (Å²) < 4.78 is 43.1. The van der Waals surface area contributed by atoms with Crippen molar-refractivity contribution in [1.29, 1.82) is 0 Å². The second-order valence-corrected chi connectivity index (χ2v) is 5.24. The number of hydrogen-bond donors (Lipinski definition) is 1. The van der Waals surface area contributed by atoms with E-state index in [4.69, 9.17) is 4.74 Å². The second-order valence-electron chi connectivity index (χ2n) is 4.17. The van der Waals surface area contributed by atoms with Gasteiger partial charge in [0.1, 0.15) is 6.10 Å². The molecular weight excluding hydrogens is 279 g/mol. The van der Waals surface area contributed by atoms with Gasteiger partial charge in [-0.25, -0.2) is 4.98 Å². The Labute approximate surface area is 114 Å². The lowest BCUT2D eigenvalue weighted by Crippen LogP contribution is -2.38. The van der Waals surface area contributed by atoms with Gasteiger partial charge in [0.25, 0.3) is 0 Å². The molecule has 0 amide bonds. The first kappa shape index (κ1) is 16.4. The Kier molecular flexibility index (Phi) is 5.34. The van der Waals surface area contributed by atoms with Gasteiger partial charge in [-0.15, -0.1) is 11.3 Å². The largest absolute Gasteiger partial charge is 0.443 e. The summed E-state index contributed by atoms with van der Waals surface area (Å²) in [6, 6.07) is 0. The molecule has 1 atom stereocenters. The van der Waals surface area contributed by atoms with Gasteiger partial charge in [-0.3, -0.25) is 0 Å². The maximum atomic E-state index is 12.5. The van der Waals surface area contributed by atoms with Gasteiger partial charge >= 0.3 is 6.18 Å². The lowest BCUT2D eigenvalue weighted by molar-refractivity contribution is -0.137. The molecule has 3 nitrogen and oxygen atoms in total. The van der Waals surface area contributed by atoms with E-state index >= 15 is 0 Å². The fraction of sp³-hybridized carbons (Fsp3) is 0.750. The van der Waals surface area contributed by atoms with Crippen LogP contribution < -0.4 is 0 Å². The highest BCUT2D eigenvalue weighted by atomic mass is 32.1. The molecule has 0 spiro atoms. The fourth-order valence-corrected chi connectivity index (χ4v) is 2.89. The van der Waals surface area contributed by atoms with Crippen LogP contribution in [-0.4, -0.2) is 22.3 Å². The van der Waals surface area contributed by atoms with Crippen LogP contribution in [0.5, 0.6) is 0 Å². The molecular formula is C12H18F3NO2S. The lowest BCUT2D eigenvalue weighted by atomic mass is 9.89. The normalized spacial score (nSPS) is 14.7. The average molecular weight is 297 g/mol. The third-order valence-electron chi connectivity index (χ3n) is 3.16. The molecule has 1 unspecified atom stereocenters. The minimum Gasteiger partial charge on any atom is -0.384 e. The molecule has 1 aromatic rings. The predicted octanol–water partition coefficient (Wildman–Crippen LogP) is 3.79. The Morgan fingerprint density at radius 3 is 2.26 bits per heavy atom. The Bertz CT molecular complexity index is 402. The zero-order valence-electron chi connectivity index (χ0n) is 11.1. The highest BCUT2D eigenvalue weighted by Crippen LogP contribution is 2.40. The van der Waals surface area contributed by atoms with Crippen molar-refractivity contribution in [2.24, 2.45) is 0 Å². The zero-order valence-corrected chi connectivity index (χ0v) is 11.9. The molecule has 0 saturated carbocycles. The van der Waals surface area contributed by atoms with Crippen molar-refractivity contribution >= 4 is 11.3 Å². The van der Waals surface area contributed by atoms with Crippen molar-refractivity contribution in [3.63, 3.8) is 0 Å². The SMILES string of the molecule is CCOC(CC)(CC)C(O)c1cnc(C(F)(F)F)s1. The number of rotatable bonds is 6. The Hall–Kier alpha value is -0.660. The van der Waals surface area contributed by atoms with Gasteiger partial charge in [-0.1, -0.05) is 13.8 Å². The Balaban J connectivity index is 3.03. The summed E-state index contributed by atoms with van der Waals surface area (Å²) in [7, 11) is 0. The molecule has 0 bridgehead atoms. The van der Waals surface area contributed by atoms with E-state index < -0.39 is 22.9 Å². The van der Waals surface area contributed by atoms with Gasteiger partial charge in [-0.05, 0) is 19.8 Å². The van der Waals surface area contributed by atoms with Crippen molar-refractivity contribution in [2.75, 3.05) is 6.61 Å². The van der Waals surface area contributed by atoms with E-state index in [-0.39, 0.29) is 4.88 Å². The highest BCUT2D eigenvalue weighted by molar-refractivity contribution is 7.11. The molecule has 1 heterocycles. The van der Waals surface area contributed by atoms with Crippen LogP contribution in [0.15, 0.2) is 6.20 Å². The van der Waals surface area contributed by atoms with Gasteiger partial charge in [-0.2, -0.15) is 13.2 Å². The molecule has 1 aromatic heterocycles. The number of halogens is 3. The smallest absolute Gasteiger partial charge is 0.384 e. The average Bonchev–Trinajstić information content (AvgIpc) is 2.84. The quantitative estimate of drug-likeness (QED) is 0.868. The summed E-state index contributed by atoms with van der Waals surface area (Å²) >= 11 is 0.465. The summed E-state index contributed by atoms with van der Waals surface area (Å²) in [6.07, 6.45) is -3.47. The zero-order chi connectivity index (χ0) is 14.7. The number of thiazole rings is 1. The molecule has 19 heavy (non-hydrogen) atoms. The van der Waals surface area contributed by atoms with E-state index in [1.54, 1.807) is 6.92 Å². The molecule has 0 aliphatic heterocycles. The molecule has 1 N–H and O–H groups in total. The third kappa shape index (κ3) is 3.46. The summed E-state index contributed by atoms with van der Waals surface area (Å²) in [6.45, 7) is 5.87. The monoisotopic (exact) mass is 297 g/mol. The van der Waals surface area contributed by atoms with Gasteiger partial charge in [0.2, 0.25) is 0 Å². The van der Waals surface area contributed by atoms with Crippen molar-refractivity contribution < 1.29 is 23.0 Å². The molecule has 0 aliphatic carbocycles. The maximum Gasteiger partial charge on any atom is 0.443 e. The fourth-order valence-electron chi connectivity index (χ4n) is 2.01. The van der Waals surface area contributed by atoms with E-state index in [2.05, 4.69) is 4.98 Å². The van der Waals surface area contributed by atoms with Crippen LogP contribution in [-0.2, 0) is 10.9 Å². The minimum atomic E-state index is -4.48. The Morgan fingerprint density at radius 2 is 1.89 bits per heavy atom. The van der Waals surface area contributed by atoms with Gasteiger partial charge < -0.3 is 9.84 Å². The standard InChI is InChI=1S/C12H18F3NO2S/c1-4-11(5-2,18-6-3)9(17)8-7-16-10(19-8)12(13,14)15/h7,9,17H,4-6H2,1-3H3. The summed E-state index contributed by atoms with van der Waals surface area (Å²) in [4.78, 5) is 3.51. The molecule has 0 aliphatic rings. The van der Waals surface area contributed by atoms with Crippen LogP contribution in [0.1, 0.15) is 49.6 Å². The van der Waals surface area contributed by atoms with Crippen LogP contribution in [0.25, 0.3) is 0 Å². The number of aromatic nitrogens is 1. The van der Waals surface area contributed by atoms with Crippen molar-refractivity contribution in [2.45, 2.75) is 51.5 Å². The second kappa shape index (κ2) is 6.19. The number of ether oxygens (including phenoxy) is 1. The van der Waals surface area contributed by atoms with E-state index in [1.165, 1.54) is 0 Å². The van der Waals surface area contributed by atoms with E-state index in [1.807, 2.05) is 13.8 Å². The molecule has 110 valence electrons. The minimum absolute atomic E-state index is 0.185. The van der Waals surface area contributed by atoms with Crippen LogP contribution in [0.2, 0.25) is 0 Å². The summed E-state index contributed by atoms with van der Waals surface area (Å²) in [5.41, 5.74) is -0.857. The molecule has 7 heteroatoms. The van der Waals surface area contributed by atoms with E-state index in [0.29, 0.717) is 30.8 Å². The van der Waals surface area contributed by atoms with Crippen molar-refractivity contribution in [1.82, 2.24) is 4.98 Å². The topological polar surface area (TPSA) is 42.4 Å². The molecule has 0 aromatic carbocycles.